The third kappa shape index (κ3) is 1.48. The standard InChI is InChI=1S/C8H14N2/c1-3-10(2)7-8(6-9)4-5-8/h3-5,7H2,1-2H3. The van der Waals surface area contributed by atoms with Gasteiger partial charge in [0, 0.05) is 6.54 Å². The van der Waals surface area contributed by atoms with E-state index in [2.05, 4.69) is 24.9 Å². The Morgan fingerprint density at radius 1 is 1.60 bits per heavy atom. The van der Waals surface area contributed by atoms with Crippen LogP contribution in [-0.2, 0) is 0 Å². The molecule has 0 aromatic heterocycles. The van der Waals surface area contributed by atoms with E-state index in [9.17, 15) is 0 Å². The molecule has 0 spiro atoms. The van der Waals surface area contributed by atoms with Crippen molar-refractivity contribution in [1.29, 1.82) is 5.26 Å². The molecule has 1 aliphatic carbocycles. The minimum atomic E-state index is 0.0464. The summed E-state index contributed by atoms with van der Waals surface area (Å²) in [5.74, 6) is 0. The lowest BCUT2D eigenvalue weighted by Gasteiger charge is -2.16. The quantitative estimate of drug-likeness (QED) is 0.586. The second kappa shape index (κ2) is 2.59. The van der Waals surface area contributed by atoms with Crippen LogP contribution in [-0.4, -0.2) is 25.0 Å². The Morgan fingerprint density at radius 2 is 2.20 bits per heavy atom. The molecule has 0 aliphatic heterocycles. The zero-order valence-corrected chi connectivity index (χ0v) is 6.72. The van der Waals surface area contributed by atoms with Crippen molar-refractivity contribution >= 4 is 0 Å². The maximum absolute atomic E-state index is 8.72. The Balaban J connectivity index is 2.32. The van der Waals surface area contributed by atoms with Crippen LogP contribution in [0.5, 0.6) is 0 Å². The van der Waals surface area contributed by atoms with E-state index in [1.165, 1.54) is 0 Å². The van der Waals surface area contributed by atoms with Crippen molar-refractivity contribution in [2.75, 3.05) is 20.1 Å². The van der Waals surface area contributed by atoms with E-state index in [0.717, 1.165) is 25.9 Å². The first-order chi connectivity index (χ1) is 4.72. The van der Waals surface area contributed by atoms with Gasteiger partial charge in [-0.15, -0.1) is 0 Å². The second-order valence-corrected chi connectivity index (χ2v) is 3.22. The minimum Gasteiger partial charge on any atom is -0.305 e. The molecule has 0 atom stereocenters. The van der Waals surface area contributed by atoms with Gasteiger partial charge in [-0.25, -0.2) is 0 Å². The van der Waals surface area contributed by atoms with Crippen LogP contribution in [0.4, 0.5) is 0 Å². The van der Waals surface area contributed by atoms with E-state index < -0.39 is 0 Å². The van der Waals surface area contributed by atoms with Gasteiger partial charge in [-0.3, -0.25) is 0 Å². The van der Waals surface area contributed by atoms with Crippen LogP contribution in [0.2, 0.25) is 0 Å². The number of nitrogens with zero attached hydrogens (tertiary/aromatic N) is 2. The average molecular weight is 138 g/mol. The molecule has 0 bridgehead atoms. The smallest absolute Gasteiger partial charge is 0.0703 e. The number of nitriles is 1. The summed E-state index contributed by atoms with van der Waals surface area (Å²) in [6.07, 6.45) is 2.21. The van der Waals surface area contributed by atoms with Gasteiger partial charge in [-0.1, -0.05) is 6.92 Å². The summed E-state index contributed by atoms with van der Waals surface area (Å²) in [5, 5.41) is 8.72. The van der Waals surface area contributed by atoms with Gasteiger partial charge in [-0.2, -0.15) is 5.26 Å². The van der Waals surface area contributed by atoms with Gasteiger partial charge in [0.05, 0.1) is 11.5 Å². The molecular formula is C8H14N2. The van der Waals surface area contributed by atoms with E-state index in [4.69, 9.17) is 5.26 Å². The predicted octanol–water partition coefficient (Wildman–Crippen LogP) is 1.24. The van der Waals surface area contributed by atoms with Crippen LogP contribution in [0.3, 0.4) is 0 Å². The van der Waals surface area contributed by atoms with Crippen molar-refractivity contribution in [2.45, 2.75) is 19.8 Å². The van der Waals surface area contributed by atoms with E-state index >= 15 is 0 Å². The summed E-state index contributed by atoms with van der Waals surface area (Å²) < 4.78 is 0. The second-order valence-electron chi connectivity index (χ2n) is 3.22. The SMILES string of the molecule is CCN(C)CC1(C#N)CC1. The molecule has 2 heteroatoms. The van der Waals surface area contributed by atoms with Crippen LogP contribution < -0.4 is 0 Å². The minimum absolute atomic E-state index is 0.0464. The molecule has 56 valence electrons. The monoisotopic (exact) mass is 138 g/mol. The molecule has 0 heterocycles. The first-order valence-electron chi connectivity index (χ1n) is 3.82. The van der Waals surface area contributed by atoms with E-state index in [1.807, 2.05) is 0 Å². The first-order valence-corrected chi connectivity index (χ1v) is 3.82. The highest BCUT2D eigenvalue weighted by Gasteiger charge is 2.43. The van der Waals surface area contributed by atoms with Crippen molar-refractivity contribution in [1.82, 2.24) is 4.90 Å². The normalized spacial score (nSPS) is 20.6. The lowest BCUT2D eigenvalue weighted by atomic mass is 10.1. The fraction of sp³-hybridized carbons (Fsp3) is 0.875. The first kappa shape index (κ1) is 7.56. The highest BCUT2D eigenvalue weighted by Crippen LogP contribution is 2.45. The summed E-state index contributed by atoms with van der Waals surface area (Å²) in [7, 11) is 2.07. The van der Waals surface area contributed by atoms with Crippen molar-refractivity contribution in [3.8, 4) is 6.07 Å². The Kier molecular flexibility index (Phi) is 1.96. The fourth-order valence-electron chi connectivity index (χ4n) is 1.08. The molecular weight excluding hydrogens is 124 g/mol. The fourth-order valence-corrected chi connectivity index (χ4v) is 1.08. The zero-order valence-electron chi connectivity index (χ0n) is 6.72. The molecule has 0 unspecified atom stereocenters. The molecule has 0 N–H and O–H groups in total. The van der Waals surface area contributed by atoms with Gasteiger partial charge < -0.3 is 4.90 Å². The summed E-state index contributed by atoms with van der Waals surface area (Å²) in [4.78, 5) is 2.20. The summed E-state index contributed by atoms with van der Waals surface area (Å²) >= 11 is 0. The van der Waals surface area contributed by atoms with E-state index in [-0.39, 0.29) is 5.41 Å². The van der Waals surface area contributed by atoms with Gasteiger partial charge >= 0.3 is 0 Å². The Labute approximate surface area is 62.4 Å². The van der Waals surface area contributed by atoms with Crippen LogP contribution >= 0.6 is 0 Å². The van der Waals surface area contributed by atoms with Crippen LogP contribution in [0.15, 0.2) is 0 Å². The number of rotatable bonds is 3. The molecule has 0 amide bonds. The van der Waals surface area contributed by atoms with Crippen molar-refractivity contribution in [3.63, 3.8) is 0 Å². The molecule has 1 rings (SSSR count). The van der Waals surface area contributed by atoms with Gasteiger partial charge in [0.1, 0.15) is 0 Å². The maximum Gasteiger partial charge on any atom is 0.0703 e. The van der Waals surface area contributed by atoms with Crippen molar-refractivity contribution in [2.24, 2.45) is 5.41 Å². The van der Waals surface area contributed by atoms with Crippen LogP contribution in [0, 0.1) is 16.7 Å². The van der Waals surface area contributed by atoms with E-state index in [0.29, 0.717) is 0 Å². The predicted molar refractivity (Wildman–Crippen MR) is 40.5 cm³/mol. The molecule has 0 aromatic rings. The zero-order chi connectivity index (χ0) is 7.61. The topological polar surface area (TPSA) is 27.0 Å². The molecule has 0 aromatic carbocycles. The number of hydrogen-bond donors (Lipinski definition) is 0. The third-order valence-electron chi connectivity index (χ3n) is 2.20. The van der Waals surface area contributed by atoms with Gasteiger partial charge in [-0.05, 0) is 26.4 Å². The van der Waals surface area contributed by atoms with Gasteiger partial charge in [0.15, 0.2) is 0 Å². The summed E-state index contributed by atoms with van der Waals surface area (Å²) in [6, 6.07) is 2.38. The molecule has 1 fully saturated rings. The molecule has 1 aliphatic rings. The third-order valence-corrected chi connectivity index (χ3v) is 2.20. The van der Waals surface area contributed by atoms with Crippen LogP contribution in [0.25, 0.3) is 0 Å². The molecule has 10 heavy (non-hydrogen) atoms. The highest BCUT2D eigenvalue weighted by atomic mass is 15.1. The molecule has 0 saturated heterocycles. The molecule has 2 nitrogen and oxygen atoms in total. The van der Waals surface area contributed by atoms with Gasteiger partial charge in [0.25, 0.3) is 0 Å². The van der Waals surface area contributed by atoms with Crippen molar-refractivity contribution < 1.29 is 0 Å². The lowest BCUT2D eigenvalue weighted by molar-refractivity contribution is 0.309. The Bertz CT molecular complexity index is 153. The van der Waals surface area contributed by atoms with Crippen LogP contribution in [0.1, 0.15) is 19.8 Å². The number of hydrogen-bond acceptors (Lipinski definition) is 2. The Morgan fingerprint density at radius 3 is 2.50 bits per heavy atom. The van der Waals surface area contributed by atoms with Gasteiger partial charge in [0.2, 0.25) is 0 Å². The largest absolute Gasteiger partial charge is 0.305 e. The van der Waals surface area contributed by atoms with E-state index in [1.54, 1.807) is 0 Å². The Hall–Kier alpha value is -0.550. The van der Waals surface area contributed by atoms with Crippen molar-refractivity contribution in [3.05, 3.63) is 0 Å². The highest BCUT2D eigenvalue weighted by molar-refractivity contribution is 5.10. The summed E-state index contributed by atoms with van der Waals surface area (Å²) in [5.41, 5.74) is 0.0464. The average Bonchev–Trinajstić information content (AvgIpc) is 2.70. The summed E-state index contributed by atoms with van der Waals surface area (Å²) in [6.45, 7) is 4.12. The lowest BCUT2D eigenvalue weighted by Crippen LogP contribution is -2.25. The molecule has 1 saturated carbocycles. The maximum atomic E-state index is 8.72. The molecule has 0 radical (unpaired) electrons.